The van der Waals surface area contributed by atoms with E-state index < -0.39 is 0 Å². The number of benzene rings is 1. The zero-order valence-corrected chi connectivity index (χ0v) is 16.1. The van der Waals surface area contributed by atoms with Gasteiger partial charge in [-0.15, -0.1) is 24.8 Å². The summed E-state index contributed by atoms with van der Waals surface area (Å²) < 4.78 is 0. The van der Waals surface area contributed by atoms with E-state index in [9.17, 15) is 5.11 Å². The highest BCUT2D eigenvalue weighted by Gasteiger charge is 2.23. The number of pyridine rings is 1. The van der Waals surface area contributed by atoms with Crippen molar-refractivity contribution in [3.63, 3.8) is 0 Å². The molecule has 1 aliphatic carbocycles. The standard InChI is InChI=1S/C19H19ClN2O.2ClH/c20-15-3-4-17-13(9-15)1-2-14-10-16(23)11-22-19(14)18(17)12-5-7-21-8-6-12;;/h3-4,9-11,21,23H,1-2,5-8H2;2*1H. The van der Waals surface area contributed by atoms with E-state index in [1.54, 1.807) is 6.20 Å². The number of piperidine rings is 1. The van der Waals surface area contributed by atoms with Gasteiger partial charge in [0.15, 0.2) is 0 Å². The van der Waals surface area contributed by atoms with Gasteiger partial charge in [0.2, 0.25) is 0 Å². The normalized spacial score (nSPS) is 16.0. The Morgan fingerprint density at radius 2 is 1.68 bits per heavy atom. The molecule has 1 saturated heterocycles. The third-order valence-corrected chi connectivity index (χ3v) is 4.99. The number of fused-ring (bicyclic) bond motifs is 2. The number of halogens is 3. The molecular formula is C19H21Cl3N2O. The van der Waals surface area contributed by atoms with Gasteiger partial charge in [-0.1, -0.05) is 23.2 Å². The van der Waals surface area contributed by atoms with E-state index in [0.29, 0.717) is 0 Å². The van der Waals surface area contributed by atoms with Crippen LogP contribution in [0.3, 0.4) is 0 Å². The summed E-state index contributed by atoms with van der Waals surface area (Å²) >= 11 is 6.22. The molecule has 6 heteroatoms. The fourth-order valence-corrected chi connectivity index (χ4v) is 3.85. The molecule has 3 nitrogen and oxygen atoms in total. The number of nitrogens with zero attached hydrogens (tertiary/aromatic N) is 1. The molecule has 2 aliphatic rings. The zero-order valence-electron chi connectivity index (χ0n) is 13.7. The number of hydrogen-bond donors (Lipinski definition) is 2. The predicted molar refractivity (Wildman–Crippen MR) is 107 cm³/mol. The van der Waals surface area contributed by atoms with Gasteiger partial charge in [-0.3, -0.25) is 4.98 Å². The van der Waals surface area contributed by atoms with Gasteiger partial charge in [-0.05, 0) is 73.7 Å². The second-order valence-corrected chi connectivity index (χ2v) is 6.67. The summed E-state index contributed by atoms with van der Waals surface area (Å²) in [6.45, 7) is 2.02. The van der Waals surface area contributed by atoms with E-state index in [0.717, 1.165) is 55.1 Å². The molecule has 0 bridgehead atoms. The van der Waals surface area contributed by atoms with E-state index >= 15 is 0 Å². The highest BCUT2D eigenvalue weighted by molar-refractivity contribution is 6.30. The highest BCUT2D eigenvalue weighted by Crippen LogP contribution is 2.38. The van der Waals surface area contributed by atoms with Crippen molar-refractivity contribution in [2.24, 2.45) is 0 Å². The first kappa shape index (κ1) is 20.1. The van der Waals surface area contributed by atoms with Crippen LogP contribution >= 0.6 is 36.4 Å². The molecule has 25 heavy (non-hydrogen) atoms. The van der Waals surface area contributed by atoms with Gasteiger partial charge in [-0.25, -0.2) is 0 Å². The maximum Gasteiger partial charge on any atom is 0.134 e. The van der Waals surface area contributed by atoms with Crippen LogP contribution in [0, 0.1) is 0 Å². The first-order valence-electron chi connectivity index (χ1n) is 8.12. The number of rotatable bonds is 0. The van der Waals surface area contributed by atoms with E-state index in [2.05, 4.69) is 22.4 Å². The van der Waals surface area contributed by atoms with E-state index in [4.69, 9.17) is 11.6 Å². The van der Waals surface area contributed by atoms with Gasteiger partial charge in [0.1, 0.15) is 5.75 Å². The minimum absolute atomic E-state index is 0. The van der Waals surface area contributed by atoms with Crippen LogP contribution in [-0.4, -0.2) is 23.2 Å². The van der Waals surface area contributed by atoms with Crippen molar-refractivity contribution in [1.82, 2.24) is 10.3 Å². The summed E-state index contributed by atoms with van der Waals surface area (Å²) in [5, 5.41) is 14.0. The molecule has 1 aromatic heterocycles. The van der Waals surface area contributed by atoms with Crippen LogP contribution in [-0.2, 0) is 12.8 Å². The van der Waals surface area contributed by atoms with Gasteiger partial charge in [-0.2, -0.15) is 0 Å². The molecule has 0 radical (unpaired) electrons. The van der Waals surface area contributed by atoms with Crippen LogP contribution in [0.15, 0.2) is 36.0 Å². The second-order valence-electron chi connectivity index (χ2n) is 6.23. The third-order valence-electron chi connectivity index (χ3n) is 4.75. The Kier molecular flexibility index (Phi) is 6.75. The lowest BCUT2D eigenvalue weighted by Gasteiger charge is -2.21. The molecule has 4 rings (SSSR count). The maximum atomic E-state index is 9.83. The minimum atomic E-state index is 0. The summed E-state index contributed by atoms with van der Waals surface area (Å²) in [4.78, 5) is 4.60. The Morgan fingerprint density at radius 3 is 2.44 bits per heavy atom. The van der Waals surface area contributed by atoms with Crippen LogP contribution in [0.4, 0.5) is 0 Å². The largest absolute Gasteiger partial charge is 0.506 e. The molecule has 1 fully saturated rings. The summed E-state index contributed by atoms with van der Waals surface area (Å²) in [6.07, 6.45) is 5.43. The zero-order chi connectivity index (χ0) is 15.8. The van der Waals surface area contributed by atoms with Crippen LogP contribution in [0.5, 0.6) is 5.75 Å². The quantitative estimate of drug-likeness (QED) is 0.682. The van der Waals surface area contributed by atoms with Crippen molar-refractivity contribution in [3.05, 3.63) is 63.4 Å². The Hall–Kier alpha value is -1.26. The Bertz CT molecular complexity index is 742. The Labute approximate surface area is 165 Å². The SMILES string of the molecule is Cl.Cl.Oc1cnc2c(c1)CCc1cc(Cl)ccc1C2=C1CCNCC1. The molecule has 0 saturated carbocycles. The number of aromatic hydroxyl groups is 1. The fraction of sp³-hybridized carbons (Fsp3) is 0.316. The minimum Gasteiger partial charge on any atom is -0.506 e. The smallest absolute Gasteiger partial charge is 0.134 e. The molecule has 2 heterocycles. The molecule has 134 valence electrons. The maximum absolute atomic E-state index is 9.83. The van der Waals surface area contributed by atoms with Crippen molar-refractivity contribution in [3.8, 4) is 5.75 Å². The topological polar surface area (TPSA) is 45.2 Å². The van der Waals surface area contributed by atoms with Crippen molar-refractivity contribution in [2.75, 3.05) is 13.1 Å². The second kappa shape index (κ2) is 8.41. The van der Waals surface area contributed by atoms with Gasteiger partial charge >= 0.3 is 0 Å². The summed E-state index contributed by atoms with van der Waals surface area (Å²) in [5.74, 6) is 0.238. The van der Waals surface area contributed by atoms with Crippen LogP contribution < -0.4 is 5.32 Å². The average molecular weight is 400 g/mol. The van der Waals surface area contributed by atoms with Crippen molar-refractivity contribution in [2.45, 2.75) is 25.7 Å². The van der Waals surface area contributed by atoms with Crippen LogP contribution in [0.25, 0.3) is 5.57 Å². The number of aryl methyl sites for hydroxylation is 2. The lowest BCUT2D eigenvalue weighted by Crippen LogP contribution is -2.24. The average Bonchev–Trinajstić information content (AvgIpc) is 2.72. The number of hydrogen-bond acceptors (Lipinski definition) is 3. The lowest BCUT2D eigenvalue weighted by atomic mass is 9.89. The molecule has 1 aliphatic heterocycles. The van der Waals surface area contributed by atoms with E-state index in [1.165, 1.54) is 22.3 Å². The Balaban J connectivity index is 0.00000113. The fourth-order valence-electron chi connectivity index (χ4n) is 3.66. The molecule has 1 aromatic carbocycles. The van der Waals surface area contributed by atoms with Gasteiger partial charge in [0, 0.05) is 10.6 Å². The third kappa shape index (κ3) is 3.95. The monoisotopic (exact) mass is 398 g/mol. The summed E-state index contributed by atoms with van der Waals surface area (Å²) in [7, 11) is 0. The summed E-state index contributed by atoms with van der Waals surface area (Å²) in [5.41, 5.74) is 7.39. The van der Waals surface area contributed by atoms with Crippen LogP contribution in [0.2, 0.25) is 5.02 Å². The number of nitrogens with one attached hydrogen (secondary N) is 1. The molecule has 0 atom stereocenters. The first-order valence-corrected chi connectivity index (χ1v) is 8.50. The predicted octanol–water partition coefficient (Wildman–Crippen LogP) is 4.57. The van der Waals surface area contributed by atoms with Crippen molar-refractivity contribution in [1.29, 1.82) is 0 Å². The van der Waals surface area contributed by atoms with E-state index in [-0.39, 0.29) is 30.6 Å². The molecule has 2 N–H and O–H groups in total. The molecule has 2 aromatic rings. The molecule has 0 unspecified atom stereocenters. The van der Waals surface area contributed by atoms with Gasteiger partial charge < -0.3 is 10.4 Å². The summed E-state index contributed by atoms with van der Waals surface area (Å²) in [6, 6.07) is 8.03. The van der Waals surface area contributed by atoms with Gasteiger partial charge in [0.25, 0.3) is 0 Å². The van der Waals surface area contributed by atoms with Crippen molar-refractivity contribution >= 4 is 42.0 Å². The molecule has 0 amide bonds. The molecular weight excluding hydrogens is 379 g/mol. The van der Waals surface area contributed by atoms with Gasteiger partial charge in [0.05, 0.1) is 11.9 Å². The highest BCUT2D eigenvalue weighted by atomic mass is 35.5. The van der Waals surface area contributed by atoms with Crippen molar-refractivity contribution < 1.29 is 5.11 Å². The number of aromatic nitrogens is 1. The molecule has 0 spiro atoms. The van der Waals surface area contributed by atoms with E-state index in [1.807, 2.05) is 12.1 Å². The Morgan fingerprint density at radius 1 is 0.960 bits per heavy atom. The first-order chi connectivity index (χ1) is 11.2. The lowest BCUT2D eigenvalue weighted by molar-refractivity contribution is 0.471. The van der Waals surface area contributed by atoms with Crippen LogP contribution in [0.1, 0.15) is 35.2 Å².